The van der Waals surface area contributed by atoms with Crippen LogP contribution in [0.4, 0.5) is 0 Å². The molecule has 0 aliphatic heterocycles. The molecule has 3 aromatic rings. The Morgan fingerprint density at radius 3 is 2.62 bits per heavy atom. The number of esters is 1. The molecule has 0 aliphatic rings. The molecule has 154 valence electrons. The second-order valence-corrected chi connectivity index (χ2v) is 8.27. The number of carbonyl (C=O) groups is 1. The van der Waals surface area contributed by atoms with E-state index in [-0.39, 0.29) is 12.6 Å². The summed E-state index contributed by atoms with van der Waals surface area (Å²) in [6.07, 6.45) is 2.88. The van der Waals surface area contributed by atoms with Crippen LogP contribution in [-0.4, -0.2) is 32.7 Å². The molecule has 0 atom stereocenters. The number of aryl methyl sites for hydroxylation is 2. The van der Waals surface area contributed by atoms with Crippen LogP contribution in [0.25, 0.3) is 11.3 Å². The topological polar surface area (TPSA) is 77.2 Å². The van der Waals surface area contributed by atoms with E-state index >= 15 is 0 Å². The van der Waals surface area contributed by atoms with Gasteiger partial charge in [0, 0.05) is 18.5 Å². The second-order valence-electron chi connectivity index (χ2n) is 6.71. The average Bonchev–Trinajstić information content (AvgIpc) is 3.25. The number of aliphatic hydroxyl groups excluding tert-OH is 1. The number of thiazole rings is 1. The molecular formula is C21H24ClN3O3S. The minimum Gasteiger partial charge on any atom is -0.465 e. The fraction of sp³-hybridized carbons (Fsp3) is 0.381. The standard InChI is InChI=1S/C21H24ClN3O3S/c1-4-5-6-17-24-20(22)16(12-26)25(17)11-14-7-9-15(10-8-14)18-19(21(27)28-3)29-13(2)23-18/h7-10,26H,4-6,11-12H2,1-3H3. The van der Waals surface area contributed by atoms with Crippen molar-refractivity contribution in [1.82, 2.24) is 14.5 Å². The molecule has 0 saturated carbocycles. The van der Waals surface area contributed by atoms with Gasteiger partial charge in [-0.15, -0.1) is 11.3 Å². The molecule has 0 spiro atoms. The molecule has 0 amide bonds. The average molecular weight is 434 g/mol. The molecule has 29 heavy (non-hydrogen) atoms. The highest BCUT2D eigenvalue weighted by atomic mass is 35.5. The lowest BCUT2D eigenvalue weighted by molar-refractivity contribution is 0.0607. The maximum absolute atomic E-state index is 12.0. The molecule has 2 heterocycles. The summed E-state index contributed by atoms with van der Waals surface area (Å²) in [6, 6.07) is 7.87. The van der Waals surface area contributed by atoms with Crippen molar-refractivity contribution in [1.29, 1.82) is 0 Å². The molecule has 1 aromatic carbocycles. The van der Waals surface area contributed by atoms with Crippen LogP contribution < -0.4 is 0 Å². The number of halogens is 1. The van der Waals surface area contributed by atoms with Gasteiger partial charge in [-0.05, 0) is 18.9 Å². The van der Waals surface area contributed by atoms with Crippen LogP contribution in [0, 0.1) is 6.92 Å². The summed E-state index contributed by atoms with van der Waals surface area (Å²) in [6.45, 7) is 4.40. The van der Waals surface area contributed by atoms with E-state index in [0.717, 1.165) is 41.2 Å². The Morgan fingerprint density at radius 2 is 2.00 bits per heavy atom. The molecule has 3 rings (SSSR count). The summed E-state index contributed by atoms with van der Waals surface area (Å²) < 4.78 is 6.86. The molecule has 0 fully saturated rings. The zero-order valence-electron chi connectivity index (χ0n) is 16.7. The van der Waals surface area contributed by atoms with Crippen molar-refractivity contribution >= 4 is 28.9 Å². The molecule has 0 unspecified atom stereocenters. The first-order valence-corrected chi connectivity index (χ1v) is 10.7. The maximum Gasteiger partial charge on any atom is 0.350 e. The first kappa shape index (κ1) is 21.5. The highest BCUT2D eigenvalue weighted by Gasteiger charge is 2.19. The van der Waals surface area contributed by atoms with Gasteiger partial charge in [0.2, 0.25) is 0 Å². The highest BCUT2D eigenvalue weighted by Crippen LogP contribution is 2.29. The maximum atomic E-state index is 12.0. The van der Waals surface area contributed by atoms with Gasteiger partial charge in [0.1, 0.15) is 10.7 Å². The van der Waals surface area contributed by atoms with E-state index in [1.165, 1.54) is 18.4 Å². The van der Waals surface area contributed by atoms with Crippen molar-refractivity contribution in [2.75, 3.05) is 7.11 Å². The molecule has 8 heteroatoms. The van der Waals surface area contributed by atoms with Gasteiger partial charge in [0.25, 0.3) is 0 Å². The Bertz CT molecular complexity index is 996. The van der Waals surface area contributed by atoms with Gasteiger partial charge >= 0.3 is 5.97 Å². The van der Waals surface area contributed by atoms with E-state index in [1.807, 2.05) is 35.8 Å². The number of rotatable bonds is 8. The van der Waals surface area contributed by atoms with Crippen LogP contribution in [0.1, 0.15) is 51.5 Å². The lowest BCUT2D eigenvalue weighted by atomic mass is 10.1. The Kier molecular flexibility index (Phi) is 7.05. The number of aliphatic hydroxyl groups is 1. The molecule has 6 nitrogen and oxygen atoms in total. The summed E-state index contributed by atoms with van der Waals surface area (Å²) in [5.74, 6) is 0.504. The fourth-order valence-corrected chi connectivity index (χ4v) is 4.29. The zero-order valence-corrected chi connectivity index (χ0v) is 18.3. The molecule has 2 aromatic heterocycles. The van der Waals surface area contributed by atoms with Crippen LogP contribution >= 0.6 is 22.9 Å². The predicted molar refractivity (Wildman–Crippen MR) is 115 cm³/mol. The largest absolute Gasteiger partial charge is 0.465 e. The fourth-order valence-electron chi connectivity index (χ4n) is 3.17. The first-order valence-electron chi connectivity index (χ1n) is 9.48. The Hall–Kier alpha value is -2.22. The Balaban J connectivity index is 1.88. The minimum absolute atomic E-state index is 0.156. The third-order valence-corrected chi connectivity index (χ3v) is 5.93. The Labute approximate surface area is 179 Å². The third-order valence-electron chi connectivity index (χ3n) is 4.68. The summed E-state index contributed by atoms with van der Waals surface area (Å²) in [5, 5.41) is 10.9. The number of aromatic nitrogens is 3. The van der Waals surface area contributed by atoms with Gasteiger partial charge in [-0.3, -0.25) is 0 Å². The molecule has 0 radical (unpaired) electrons. The van der Waals surface area contributed by atoms with Gasteiger partial charge in [0.15, 0.2) is 5.15 Å². The number of ether oxygens (including phenoxy) is 1. The number of hydrogen-bond acceptors (Lipinski definition) is 6. The predicted octanol–water partition coefficient (Wildman–Crippen LogP) is 4.64. The number of methoxy groups -OCH3 is 1. The molecule has 1 N–H and O–H groups in total. The number of nitrogens with zero attached hydrogens (tertiary/aromatic N) is 3. The van der Waals surface area contributed by atoms with Crippen LogP contribution in [0.15, 0.2) is 24.3 Å². The monoisotopic (exact) mass is 433 g/mol. The number of carbonyl (C=O) groups excluding carboxylic acids is 1. The van der Waals surface area contributed by atoms with Crippen molar-refractivity contribution in [3.05, 3.63) is 56.4 Å². The van der Waals surface area contributed by atoms with E-state index in [4.69, 9.17) is 16.3 Å². The lowest BCUT2D eigenvalue weighted by Crippen LogP contribution is -2.09. The van der Waals surface area contributed by atoms with E-state index in [1.54, 1.807) is 0 Å². The van der Waals surface area contributed by atoms with Crippen LogP contribution in [-0.2, 0) is 24.3 Å². The molecule has 0 bridgehead atoms. The lowest BCUT2D eigenvalue weighted by Gasteiger charge is -2.11. The molecular weight excluding hydrogens is 410 g/mol. The van der Waals surface area contributed by atoms with Gasteiger partial charge in [-0.2, -0.15) is 0 Å². The number of hydrogen-bond donors (Lipinski definition) is 1. The van der Waals surface area contributed by atoms with Crippen molar-refractivity contribution in [2.45, 2.75) is 46.3 Å². The second kappa shape index (κ2) is 9.52. The van der Waals surface area contributed by atoms with E-state index < -0.39 is 0 Å². The van der Waals surface area contributed by atoms with Crippen LogP contribution in [0.5, 0.6) is 0 Å². The number of benzene rings is 1. The first-order chi connectivity index (χ1) is 14.0. The smallest absolute Gasteiger partial charge is 0.350 e. The van der Waals surface area contributed by atoms with E-state index in [0.29, 0.717) is 28.0 Å². The minimum atomic E-state index is -0.379. The van der Waals surface area contributed by atoms with Gasteiger partial charge < -0.3 is 14.4 Å². The summed E-state index contributed by atoms with van der Waals surface area (Å²) in [7, 11) is 1.37. The SMILES string of the molecule is CCCCc1nc(Cl)c(CO)n1Cc1ccc(-c2nc(C)sc2C(=O)OC)cc1. The van der Waals surface area contributed by atoms with Gasteiger partial charge in [-0.1, -0.05) is 49.2 Å². The number of imidazole rings is 1. The highest BCUT2D eigenvalue weighted by molar-refractivity contribution is 7.14. The van der Waals surface area contributed by atoms with Crippen molar-refractivity contribution in [3.8, 4) is 11.3 Å². The third kappa shape index (κ3) is 4.69. The van der Waals surface area contributed by atoms with E-state index in [9.17, 15) is 9.90 Å². The Morgan fingerprint density at radius 1 is 1.28 bits per heavy atom. The van der Waals surface area contributed by atoms with Gasteiger partial charge in [-0.25, -0.2) is 14.8 Å². The normalized spacial score (nSPS) is 11.1. The zero-order chi connectivity index (χ0) is 21.0. The van der Waals surface area contributed by atoms with E-state index in [2.05, 4.69) is 16.9 Å². The molecule has 0 saturated heterocycles. The van der Waals surface area contributed by atoms with Crippen molar-refractivity contribution in [2.24, 2.45) is 0 Å². The quantitative estimate of drug-likeness (QED) is 0.523. The number of unbranched alkanes of at least 4 members (excludes halogenated alkanes) is 1. The van der Waals surface area contributed by atoms with Crippen LogP contribution in [0.2, 0.25) is 5.15 Å². The van der Waals surface area contributed by atoms with Crippen molar-refractivity contribution in [3.63, 3.8) is 0 Å². The van der Waals surface area contributed by atoms with Gasteiger partial charge in [0.05, 0.1) is 30.1 Å². The van der Waals surface area contributed by atoms with Crippen LogP contribution in [0.3, 0.4) is 0 Å². The summed E-state index contributed by atoms with van der Waals surface area (Å²) in [4.78, 5) is 21.5. The van der Waals surface area contributed by atoms with Crippen molar-refractivity contribution < 1.29 is 14.6 Å². The summed E-state index contributed by atoms with van der Waals surface area (Å²) in [5.41, 5.74) is 3.17. The molecule has 0 aliphatic carbocycles. The summed E-state index contributed by atoms with van der Waals surface area (Å²) >= 11 is 7.55.